The van der Waals surface area contributed by atoms with Crippen molar-refractivity contribution >= 4 is 11.9 Å². The number of carbonyl (C=O) groups excluding carboxylic acids is 2. The lowest BCUT2D eigenvalue weighted by Crippen LogP contribution is -2.63. The molecule has 4 bridgehead atoms. The topological polar surface area (TPSA) is 52.6 Å². The number of hydrogen-bond acceptors (Lipinski definition) is 4. The monoisotopic (exact) mass is 248 g/mol. The fourth-order valence-corrected chi connectivity index (χ4v) is 4.69. The van der Waals surface area contributed by atoms with Crippen LogP contribution in [0, 0.1) is 23.7 Å². The quantitative estimate of drug-likeness (QED) is 0.372. The maximum atomic E-state index is 11.8. The number of esters is 2. The highest BCUT2D eigenvalue weighted by Crippen LogP contribution is 2.60. The van der Waals surface area contributed by atoms with Crippen LogP contribution in [-0.4, -0.2) is 17.7 Å². The zero-order valence-corrected chi connectivity index (χ0v) is 10.2. The molecule has 1 heterocycles. The van der Waals surface area contributed by atoms with Gasteiger partial charge in [0.2, 0.25) is 0 Å². The van der Waals surface area contributed by atoms with Gasteiger partial charge in [-0.2, -0.15) is 0 Å². The molecular formula is C14H16O4. The van der Waals surface area contributed by atoms with Crippen molar-refractivity contribution in [2.24, 2.45) is 23.7 Å². The largest absolute Gasteiger partial charge is 0.418 e. The van der Waals surface area contributed by atoms with Gasteiger partial charge in [-0.15, -0.1) is 0 Å². The van der Waals surface area contributed by atoms with Crippen LogP contribution in [0.2, 0.25) is 0 Å². The van der Waals surface area contributed by atoms with Crippen LogP contribution in [0.5, 0.6) is 0 Å². The summed E-state index contributed by atoms with van der Waals surface area (Å²) in [6.07, 6.45) is 5.41. The molecule has 1 saturated heterocycles. The van der Waals surface area contributed by atoms with Crippen LogP contribution < -0.4 is 0 Å². The second kappa shape index (κ2) is 3.16. The van der Waals surface area contributed by atoms with Gasteiger partial charge in [0, 0.05) is 11.8 Å². The van der Waals surface area contributed by atoms with Crippen molar-refractivity contribution in [1.82, 2.24) is 0 Å². The van der Waals surface area contributed by atoms with Gasteiger partial charge in [0.05, 0.1) is 0 Å². The van der Waals surface area contributed by atoms with Crippen molar-refractivity contribution < 1.29 is 19.1 Å². The minimum Gasteiger partial charge on any atom is -0.418 e. The zero-order chi connectivity index (χ0) is 12.5. The van der Waals surface area contributed by atoms with Gasteiger partial charge in [0.25, 0.3) is 5.79 Å². The van der Waals surface area contributed by atoms with Crippen molar-refractivity contribution in [2.45, 2.75) is 37.9 Å². The molecule has 5 aliphatic rings. The number of ether oxygens (including phenoxy) is 2. The lowest BCUT2D eigenvalue weighted by Gasteiger charge is -2.59. The predicted octanol–water partition coefficient (Wildman–Crippen LogP) is 1.79. The first-order chi connectivity index (χ1) is 8.58. The van der Waals surface area contributed by atoms with Crippen LogP contribution >= 0.6 is 0 Å². The highest BCUT2D eigenvalue weighted by atomic mass is 16.7. The molecule has 0 N–H and O–H groups in total. The minimum absolute atomic E-state index is 0.172. The molecule has 0 unspecified atom stereocenters. The molecule has 4 heteroatoms. The molecule has 0 amide bonds. The van der Waals surface area contributed by atoms with Crippen molar-refractivity contribution in [1.29, 1.82) is 0 Å². The van der Waals surface area contributed by atoms with Crippen molar-refractivity contribution in [2.75, 3.05) is 0 Å². The maximum Gasteiger partial charge on any atom is 0.348 e. The van der Waals surface area contributed by atoms with Gasteiger partial charge < -0.3 is 9.47 Å². The Balaban J connectivity index is 1.73. The molecule has 18 heavy (non-hydrogen) atoms. The molecular weight excluding hydrogens is 232 g/mol. The van der Waals surface area contributed by atoms with Gasteiger partial charge in [0.1, 0.15) is 5.57 Å². The number of rotatable bonds is 0. The maximum absolute atomic E-state index is 11.8. The summed E-state index contributed by atoms with van der Waals surface area (Å²) in [6.45, 7) is 3.42. The lowest BCUT2D eigenvalue weighted by atomic mass is 9.53. The Hall–Kier alpha value is -1.32. The Labute approximate surface area is 105 Å². The average molecular weight is 248 g/mol. The van der Waals surface area contributed by atoms with Crippen LogP contribution in [0.15, 0.2) is 12.2 Å². The van der Waals surface area contributed by atoms with E-state index >= 15 is 0 Å². The first kappa shape index (κ1) is 10.6. The van der Waals surface area contributed by atoms with Gasteiger partial charge >= 0.3 is 11.9 Å². The molecule has 0 aromatic rings. The summed E-state index contributed by atoms with van der Waals surface area (Å²) >= 11 is 0. The Kier molecular flexibility index (Phi) is 1.86. The van der Waals surface area contributed by atoms with Crippen molar-refractivity contribution in [3.05, 3.63) is 12.2 Å². The molecule has 0 radical (unpaired) electrons. The van der Waals surface area contributed by atoms with Gasteiger partial charge in [-0.05, 0) is 43.9 Å². The molecule has 1 spiro atoms. The van der Waals surface area contributed by atoms with E-state index in [9.17, 15) is 9.59 Å². The van der Waals surface area contributed by atoms with E-state index < -0.39 is 17.7 Å². The molecule has 4 saturated carbocycles. The molecule has 4 aliphatic carbocycles. The Morgan fingerprint density at radius 3 is 1.78 bits per heavy atom. The van der Waals surface area contributed by atoms with Crippen LogP contribution in [0.4, 0.5) is 0 Å². The highest BCUT2D eigenvalue weighted by molar-refractivity contribution is 6.14. The van der Waals surface area contributed by atoms with E-state index in [1.165, 1.54) is 6.42 Å². The summed E-state index contributed by atoms with van der Waals surface area (Å²) in [4.78, 5) is 23.6. The average Bonchev–Trinajstić information content (AvgIpc) is 2.32. The third kappa shape index (κ3) is 1.16. The second-order valence-corrected chi connectivity index (χ2v) is 6.28. The Morgan fingerprint density at radius 1 is 0.889 bits per heavy atom. The Morgan fingerprint density at radius 2 is 1.33 bits per heavy atom. The summed E-state index contributed by atoms with van der Waals surface area (Å²) in [6, 6.07) is 0. The summed E-state index contributed by atoms with van der Waals surface area (Å²) in [7, 11) is 0. The van der Waals surface area contributed by atoms with Crippen LogP contribution in [-0.2, 0) is 19.1 Å². The van der Waals surface area contributed by atoms with E-state index in [-0.39, 0.29) is 17.4 Å². The standard InChI is InChI=1S/C14H16O4/c1-7-12(15)17-14(18-13(7)16)10-3-8-2-9(5-10)6-11(14)4-8/h8-11H,1-6H2/t8-,9+,10-,11+. The highest BCUT2D eigenvalue weighted by Gasteiger charge is 2.64. The third-order valence-corrected chi connectivity index (χ3v) is 5.27. The fourth-order valence-electron chi connectivity index (χ4n) is 4.69. The normalized spacial score (nSPS) is 44.1. The van der Waals surface area contributed by atoms with E-state index in [0.717, 1.165) is 37.5 Å². The molecule has 0 aromatic heterocycles. The molecule has 96 valence electrons. The van der Waals surface area contributed by atoms with E-state index in [0.29, 0.717) is 0 Å². The predicted molar refractivity (Wildman–Crippen MR) is 61.1 cm³/mol. The van der Waals surface area contributed by atoms with Crippen LogP contribution in [0.25, 0.3) is 0 Å². The molecule has 4 nitrogen and oxygen atoms in total. The molecule has 0 atom stereocenters. The first-order valence-corrected chi connectivity index (χ1v) is 6.74. The molecule has 5 fully saturated rings. The van der Waals surface area contributed by atoms with E-state index in [2.05, 4.69) is 6.58 Å². The third-order valence-electron chi connectivity index (χ3n) is 5.27. The van der Waals surface area contributed by atoms with Gasteiger partial charge in [-0.25, -0.2) is 9.59 Å². The van der Waals surface area contributed by atoms with Crippen LogP contribution in [0.3, 0.4) is 0 Å². The lowest BCUT2D eigenvalue weighted by molar-refractivity contribution is -0.313. The Bertz CT molecular complexity index is 414. The van der Waals surface area contributed by atoms with E-state index in [4.69, 9.17) is 9.47 Å². The van der Waals surface area contributed by atoms with Gasteiger partial charge in [-0.1, -0.05) is 6.58 Å². The minimum atomic E-state index is -0.956. The van der Waals surface area contributed by atoms with E-state index in [1.54, 1.807) is 0 Å². The van der Waals surface area contributed by atoms with E-state index in [1.807, 2.05) is 0 Å². The number of hydrogen-bond donors (Lipinski definition) is 0. The fraction of sp³-hybridized carbons (Fsp3) is 0.714. The summed E-state index contributed by atoms with van der Waals surface area (Å²) in [5.74, 6) is -0.244. The summed E-state index contributed by atoms with van der Waals surface area (Å²) in [5.41, 5.74) is -0.172. The van der Waals surface area contributed by atoms with Gasteiger partial charge in [0.15, 0.2) is 0 Å². The molecule has 5 rings (SSSR count). The first-order valence-electron chi connectivity index (χ1n) is 6.74. The summed E-state index contributed by atoms with van der Waals surface area (Å²) in [5, 5.41) is 0. The SMILES string of the molecule is C=C1C(=O)OC2(OC1=O)[C@H]1C[C@@H]3C[C@@H](C[C@H]2C3)C1. The van der Waals surface area contributed by atoms with Crippen molar-refractivity contribution in [3.8, 4) is 0 Å². The zero-order valence-electron chi connectivity index (χ0n) is 10.2. The second-order valence-electron chi connectivity index (χ2n) is 6.28. The molecule has 1 aliphatic heterocycles. The van der Waals surface area contributed by atoms with Crippen molar-refractivity contribution in [3.63, 3.8) is 0 Å². The number of carbonyl (C=O) groups is 2. The van der Waals surface area contributed by atoms with Crippen LogP contribution in [0.1, 0.15) is 32.1 Å². The summed E-state index contributed by atoms with van der Waals surface area (Å²) < 4.78 is 11.1. The smallest absolute Gasteiger partial charge is 0.348 e. The molecule has 0 aromatic carbocycles. The van der Waals surface area contributed by atoms with Gasteiger partial charge in [-0.3, -0.25) is 0 Å².